The van der Waals surface area contributed by atoms with E-state index in [4.69, 9.17) is 18.9 Å². The van der Waals surface area contributed by atoms with Crippen molar-refractivity contribution < 1.29 is 23.7 Å². The first kappa shape index (κ1) is 18.6. The quantitative estimate of drug-likeness (QED) is 0.782. The Balaban J connectivity index is 1.89. The van der Waals surface area contributed by atoms with Crippen molar-refractivity contribution in [1.29, 1.82) is 0 Å². The standard InChI is InChI=1S/C20H22N2O5/c1-24-16-9-8-13(12-18(16)26-3)15-10-11-22(21-15)20(23)14-6-5-7-17(25-2)19(14)27-4/h5-9,12H,10-11H2,1-4H3. The fraction of sp³-hybridized carbons (Fsp3) is 0.300. The summed E-state index contributed by atoms with van der Waals surface area (Å²) in [7, 11) is 6.22. The van der Waals surface area contributed by atoms with Gasteiger partial charge in [0.1, 0.15) is 0 Å². The maximum atomic E-state index is 12.9. The third-order valence-corrected chi connectivity index (χ3v) is 4.39. The predicted molar refractivity (Wildman–Crippen MR) is 101 cm³/mol. The Hall–Kier alpha value is -3.22. The van der Waals surface area contributed by atoms with Crippen molar-refractivity contribution in [3.63, 3.8) is 0 Å². The summed E-state index contributed by atoms with van der Waals surface area (Å²) in [5, 5.41) is 5.95. The molecule has 0 bridgehead atoms. The van der Waals surface area contributed by atoms with Crippen LogP contribution in [0.25, 0.3) is 0 Å². The van der Waals surface area contributed by atoms with E-state index in [1.165, 1.54) is 19.2 Å². The van der Waals surface area contributed by atoms with E-state index in [1.807, 2.05) is 18.2 Å². The number of nitrogens with zero attached hydrogens (tertiary/aromatic N) is 2. The number of methoxy groups -OCH3 is 4. The van der Waals surface area contributed by atoms with Crippen molar-refractivity contribution in [2.75, 3.05) is 35.0 Å². The molecule has 0 aliphatic carbocycles. The molecule has 7 nitrogen and oxygen atoms in total. The van der Waals surface area contributed by atoms with Crippen molar-refractivity contribution in [3.05, 3.63) is 47.5 Å². The van der Waals surface area contributed by atoms with Crippen LogP contribution in [0, 0.1) is 0 Å². The molecule has 1 aliphatic heterocycles. The minimum Gasteiger partial charge on any atom is -0.493 e. The molecule has 0 spiro atoms. The van der Waals surface area contributed by atoms with Crippen LogP contribution < -0.4 is 18.9 Å². The molecule has 1 aliphatic rings. The highest BCUT2D eigenvalue weighted by Crippen LogP contribution is 2.33. The van der Waals surface area contributed by atoms with E-state index < -0.39 is 0 Å². The number of hydrazone groups is 1. The topological polar surface area (TPSA) is 69.6 Å². The largest absolute Gasteiger partial charge is 0.493 e. The molecule has 0 fully saturated rings. The van der Waals surface area contributed by atoms with E-state index in [9.17, 15) is 4.79 Å². The normalized spacial score (nSPS) is 13.2. The van der Waals surface area contributed by atoms with Crippen LogP contribution in [0.3, 0.4) is 0 Å². The van der Waals surface area contributed by atoms with Gasteiger partial charge in [0, 0.05) is 12.0 Å². The van der Waals surface area contributed by atoms with Gasteiger partial charge in [-0.25, -0.2) is 5.01 Å². The zero-order chi connectivity index (χ0) is 19.4. The lowest BCUT2D eigenvalue weighted by Crippen LogP contribution is -2.24. The molecule has 3 rings (SSSR count). The summed E-state index contributed by atoms with van der Waals surface area (Å²) >= 11 is 0. The molecular weight excluding hydrogens is 348 g/mol. The molecule has 0 saturated carbocycles. The van der Waals surface area contributed by atoms with Crippen molar-refractivity contribution in [2.24, 2.45) is 5.10 Å². The molecular formula is C20H22N2O5. The number of hydrogen-bond acceptors (Lipinski definition) is 6. The molecule has 1 heterocycles. The molecule has 0 atom stereocenters. The van der Waals surface area contributed by atoms with Gasteiger partial charge in [-0.2, -0.15) is 5.10 Å². The van der Waals surface area contributed by atoms with Crippen LogP contribution in [-0.4, -0.2) is 51.6 Å². The average Bonchev–Trinajstić information content (AvgIpc) is 3.22. The van der Waals surface area contributed by atoms with E-state index in [-0.39, 0.29) is 5.91 Å². The summed E-state index contributed by atoms with van der Waals surface area (Å²) in [4.78, 5) is 12.9. The van der Waals surface area contributed by atoms with Gasteiger partial charge in [-0.15, -0.1) is 0 Å². The molecule has 1 amide bonds. The van der Waals surface area contributed by atoms with Crippen molar-refractivity contribution in [1.82, 2.24) is 5.01 Å². The number of carbonyl (C=O) groups excluding carboxylic acids is 1. The molecule has 0 unspecified atom stereocenters. The van der Waals surface area contributed by atoms with Gasteiger partial charge < -0.3 is 18.9 Å². The van der Waals surface area contributed by atoms with Gasteiger partial charge in [0.25, 0.3) is 5.91 Å². The summed E-state index contributed by atoms with van der Waals surface area (Å²) in [5.41, 5.74) is 2.11. The lowest BCUT2D eigenvalue weighted by Gasteiger charge is -2.15. The number of para-hydroxylation sites is 1. The molecule has 2 aromatic rings. The lowest BCUT2D eigenvalue weighted by atomic mass is 10.1. The van der Waals surface area contributed by atoms with Crippen molar-refractivity contribution in [3.8, 4) is 23.0 Å². The van der Waals surface area contributed by atoms with E-state index in [1.54, 1.807) is 32.4 Å². The SMILES string of the molecule is COc1ccc(C2=NN(C(=O)c3cccc(OC)c3OC)CC2)cc1OC. The number of hydrogen-bond donors (Lipinski definition) is 0. The second kappa shape index (κ2) is 7.99. The fourth-order valence-electron chi connectivity index (χ4n) is 3.02. The highest BCUT2D eigenvalue weighted by Gasteiger charge is 2.26. The lowest BCUT2D eigenvalue weighted by molar-refractivity contribution is 0.0774. The van der Waals surface area contributed by atoms with Gasteiger partial charge >= 0.3 is 0 Å². The van der Waals surface area contributed by atoms with Crippen LogP contribution in [0.5, 0.6) is 23.0 Å². The smallest absolute Gasteiger partial charge is 0.277 e. The minimum absolute atomic E-state index is 0.235. The summed E-state index contributed by atoms with van der Waals surface area (Å²) < 4.78 is 21.2. The van der Waals surface area contributed by atoms with Crippen molar-refractivity contribution in [2.45, 2.75) is 6.42 Å². The van der Waals surface area contributed by atoms with Crippen LogP contribution in [-0.2, 0) is 0 Å². The Kier molecular flexibility index (Phi) is 5.49. The first-order chi connectivity index (χ1) is 13.1. The van der Waals surface area contributed by atoms with E-state index in [2.05, 4.69) is 5.10 Å². The van der Waals surface area contributed by atoms with Crippen LogP contribution in [0.1, 0.15) is 22.3 Å². The first-order valence-electron chi connectivity index (χ1n) is 8.45. The zero-order valence-electron chi connectivity index (χ0n) is 15.8. The van der Waals surface area contributed by atoms with Gasteiger partial charge in [-0.05, 0) is 30.3 Å². The average molecular weight is 370 g/mol. The third-order valence-electron chi connectivity index (χ3n) is 4.39. The molecule has 2 aromatic carbocycles. The first-order valence-corrected chi connectivity index (χ1v) is 8.45. The summed E-state index contributed by atoms with van der Waals surface area (Å²) in [6.45, 7) is 0.489. The van der Waals surface area contributed by atoms with E-state index in [0.29, 0.717) is 41.5 Å². The molecule has 142 valence electrons. The minimum atomic E-state index is -0.235. The summed E-state index contributed by atoms with van der Waals surface area (Å²) in [5.74, 6) is 1.94. The van der Waals surface area contributed by atoms with Crippen LogP contribution in [0.2, 0.25) is 0 Å². The van der Waals surface area contributed by atoms with Crippen molar-refractivity contribution >= 4 is 11.6 Å². The monoisotopic (exact) mass is 370 g/mol. The number of rotatable bonds is 6. The Morgan fingerprint density at radius 3 is 2.33 bits per heavy atom. The van der Waals surface area contributed by atoms with Gasteiger partial charge in [0.05, 0.1) is 46.3 Å². The molecule has 0 saturated heterocycles. The van der Waals surface area contributed by atoms with Crippen LogP contribution in [0.4, 0.5) is 0 Å². The molecule has 0 radical (unpaired) electrons. The van der Waals surface area contributed by atoms with Gasteiger partial charge in [0.15, 0.2) is 23.0 Å². The third kappa shape index (κ3) is 3.53. The number of ether oxygens (including phenoxy) is 4. The van der Waals surface area contributed by atoms with Gasteiger partial charge in [-0.1, -0.05) is 6.07 Å². The molecule has 7 heteroatoms. The number of amides is 1. The van der Waals surface area contributed by atoms with Gasteiger partial charge in [-0.3, -0.25) is 4.79 Å². The Labute approximate surface area is 158 Å². The number of carbonyl (C=O) groups is 1. The fourth-order valence-corrected chi connectivity index (χ4v) is 3.02. The Bertz CT molecular complexity index is 879. The van der Waals surface area contributed by atoms with E-state index >= 15 is 0 Å². The molecule has 27 heavy (non-hydrogen) atoms. The Morgan fingerprint density at radius 2 is 1.67 bits per heavy atom. The predicted octanol–water partition coefficient (Wildman–Crippen LogP) is 2.97. The molecule has 0 N–H and O–H groups in total. The summed E-state index contributed by atoms with van der Waals surface area (Å²) in [6, 6.07) is 10.8. The van der Waals surface area contributed by atoms with Gasteiger partial charge in [0.2, 0.25) is 0 Å². The number of benzene rings is 2. The molecule has 0 aromatic heterocycles. The second-order valence-electron chi connectivity index (χ2n) is 5.84. The highest BCUT2D eigenvalue weighted by molar-refractivity contribution is 6.05. The Morgan fingerprint density at radius 1 is 0.926 bits per heavy atom. The van der Waals surface area contributed by atoms with Crippen LogP contribution >= 0.6 is 0 Å². The zero-order valence-corrected chi connectivity index (χ0v) is 15.8. The maximum absolute atomic E-state index is 12.9. The second-order valence-corrected chi connectivity index (χ2v) is 5.84. The highest BCUT2D eigenvalue weighted by atomic mass is 16.5. The summed E-state index contributed by atoms with van der Waals surface area (Å²) in [6.07, 6.45) is 0.646. The maximum Gasteiger partial charge on any atom is 0.277 e. The van der Waals surface area contributed by atoms with E-state index in [0.717, 1.165) is 11.3 Å². The van der Waals surface area contributed by atoms with Crippen LogP contribution in [0.15, 0.2) is 41.5 Å².